The molecule has 0 bridgehead atoms. The Bertz CT molecular complexity index is 1200. The molecule has 2 N–H and O–H groups in total. The van der Waals surface area contributed by atoms with Gasteiger partial charge in [-0.2, -0.15) is 4.80 Å². The lowest BCUT2D eigenvalue weighted by atomic mass is 10.1. The van der Waals surface area contributed by atoms with Gasteiger partial charge in [0.25, 0.3) is 11.8 Å². The van der Waals surface area contributed by atoms with Crippen molar-refractivity contribution in [2.24, 2.45) is 0 Å². The molecule has 0 radical (unpaired) electrons. The van der Waals surface area contributed by atoms with Crippen molar-refractivity contribution in [3.8, 4) is 11.4 Å². The van der Waals surface area contributed by atoms with Crippen LogP contribution in [0.5, 0.6) is 0 Å². The van der Waals surface area contributed by atoms with Crippen LogP contribution < -0.4 is 10.9 Å². The number of benzene rings is 2. The number of thiophene rings is 1. The molecule has 0 spiro atoms. The zero-order valence-electron chi connectivity index (χ0n) is 17.0. The average Bonchev–Trinajstić information content (AvgIpc) is 3.39. The number of hydrazine groups is 1. The van der Waals surface area contributed by atoms with E-state index in [-0.39, 0.29) is 5.91 Å². The molecule has 2 heterocycles. The number of aryl methyl sites for hydroxylation is 2. The molecule has 0 aliphatic carbocycles. The van der Waals surface area contributed by atoms with Crippen LogP contribution in [0.25, 0.3) is 11.4 Å². The van der Waals surface area contributed by atoms with Gasteiger partial charge in [0.1, 0.15) is 0 Å². The second-order valence-corrected chi connectivity index (χ2v) is 8.22. The number of carbonyl (C=O) groups is 2. The summed E-state index contributed by atoms with van der Waals surface area (Å²) in [7, 11) is 0. The summed E-state index contributed by atoms with van der Waals surface area (Å²) in [6.45, 7) is 4.32. The summed E-state index contributed by atoms with van der Waals surface area (Å²) in [4.78, 5) is 27.6. The Labute approximate surface area is 182 Å². The molecule has 0 aliphatic heterocycles. The normalized spacial score (nSPS) is 10.6. The van der Waals surface area contributed by atoms with E-state index in [0.29, 0.717) is 22.8 Å². The zero-order valence-corrected chi connectivity index (χ0v) is 17.8. The quantitative estimate of drug-likeness (QED) is 0.472. The minimum Gasteiger partial charge on any atom is -0.267 e. The lowest BCUT2D eigenvalue weighted by Gasteiger charge is -2.07. The van der Waals surface area contributed by atoms with E-state index in [2.05, 4.69) is 26.3 Å². The Morgan fingerprint density at radius 3 is 2.35 bits per heavy atom. The van der Waals surface area contributed by atoms with Crippen LogP contribution in [0, 0.1) is 13.8 Å². The SMILES string of the molecule is Cc1cc(C(=O)NNC(=O)c2ccc(Cn3nnc(-c4ccccc4)n3)cc2)sc1C. The number of amides is 2. The predicted molar refractivity (Wildman–Crippen MR) is 118 cm³/mol. The van der Waals surface area contributed by atoms with Crippen LogP contribution in [0.2, 0.25) is 0 Å². The van der Waals surface area contributed by atoms with Gasteiger partial charge < -0.3 is 0 Å². The van der Waals surface area contributed by atoms with Gasteiger partial charge in [-0.25, -0.2) is 0 Å². The van der Waals surface area contributed by atoms with Gasteiger partial charge in [0.2, 0.25) is 5.82 Å². The Kier molecular flexibility index (Phi) is 5.85. The van der Waals surface area contributed by atoms with Gasteiger partial charge in [-0.05, 0) is 48.4 Å². The minimum atomic E-state index is -0.393. The van der Waals surface area contributed by atoms with Crippen molar-refractivity contribution in [3.63, 3.8) is 0 Å². The molecule has 2 amide bonds. The molecule has 2 aromatic carbocycles. The van der Waals surface area contributed by atoms with Gasteiger partial charge in [-0.1, -0.05) is 42.5 Å². The molecule has 2 aromatic heterocycles. The highest BCUT2D eigenvalue weighted by atomic mass is 32.1. The number of carbonyl (C=O) groups excluding carboxylic acids is 2. The van der Waals surface area contributed by atoms with Gasteiger partial charge >= 0.3 is 0 Å². The highest BCUT2D eigenvalue weighted by Gasteiger charge is 2.12. The topological polar surface area (TPSA) is 102 Å². The zero-order chi connectivity index (χ0) is 21.8. The maximum atomic E-state index is 12.3. The summed E-state index contributed by atoms with van der Waals surface area (Å²) >= 11 is 1.39. The molecule has 8 nitrogen and oxygen atoms in total. The summed E-state index contributed by atoms with van der Waals surface area (Å²) in [5, 5.41) is 12.5. The van der Waals surface area contributed by atoms with Gasteiger partial charge in [-0.3, -0.25) is 20.4 Å². The van der Waals surface area contributed by atoms with Crippen LogP contribution in [0.4, 0.5) is 0 Å². The molecule has 31 heavy (non-hydrogen) atoms. The number of tetrazole rings is 1. The second kappa shape index (κ2) is 8.88. The molecule has 0 unspecified atom stereocenters. The van der Waals surface area contributed by atoms with Crippen LogP contribution in [0.3, 0.4) is 0 Å². The number of nitrogens with zero attached hydrogens (tertiary/aromatic N) is 4. The number of aromatic nitrogens is 4. The average molecular weight is 433 g/mol. The van der Waals surface area contributed by atoms with Crippen molar-refractivity contribution < 1.29 is 9.59 Å². The van der Waals surface area contributed by atoms with Gasteiger partial charge in [0.15, 0.2) is 0 Å². The molecule has 0 aliphatic rings. The highest BCUT2D eigenvalue weighted by molar-refractivity contribution is 7.14. The molecule has 4 aromatic rings. The number of hydrogen-bond acceptors (Lipinski definition) is 6. The fourth-order valence-electron chi connectivity index (χ4n) is 2.87. The summed E-state index contributed by atoms with van der Waals surface area (Å²) in [5.41, 5.74) is 8.19. The summed E-state index contributed by atoms with van der Waals surface area (Å²) in [6.07, 6.45) is 0. The van der Waals surface area contributed by atoms with E-state index in [1.807, 2.05) is 56.3 Å². The van der Waals surface area contributed by atoms with Crippen molar-refractivity contribution in [2.45, 2.75) is 20.4 Å². The number of rotatable bonds is 5. The number of hydrogen-bond donors (Lipinski definition) is 2. The maximum absolute atomic E-state index is 12.3. The number of nitrogens with one attached hydrogen (secondary N) is 2. The summed E-state index contributed by atoms with van der Waals surface area (Å²) < 4.78 is 0. The Morgan fingerprint density at radius 2 is 1.68 bits per heavy atom. The molecule has 4 rings (SSSR count). The summed E-state index contributed by atoms with van der Waals surface area (Å²) in [5.74, 6) is -0.170. The van der Waals surface area contributed by atoms with Gasteiger partial charge in [-0.15, -0.1) is 21.5 Å². The van der Waals surface area contributed by atoms with Crippen LogP contribution in [-0.2, 0) is 6.54 Å². The van der Waals surface area contributed by atoms with Crippen molar-refractivity contribution >= 4 is 23.2 Å². The molecule has 0 saturated heterocycles. The second-order valence-electron chi connectivity index (χ2n) is 6.96. The molecule has 0 fully saturated rings. The first-order chi connectivity index (χ1) is 15.0. The lowest BCUT2D eigenvalue weighted by molar-refractivity contribution is 0.0849. The maximum Gasteiger partial charge on any atom is 0.279 e. The van der Waals surface area contributed by atoms with E-state index in [9.17, 15) is 9.59 Å². The van der Waals surface area contributed by atoms with E-state index in [1.54, 1.807) is 18.2 Å². The fraction of sp³-hybridized carbons (Fsp3) is 0.136. The minimum absolute atomic E-state index is 0.336. The monoisotopic (exact) mass is 432 g/mol. The van der Waals surface area contributed by atoms with Crippen molar-refractivity contribution in [3.05, 3.63) is 87.1 Å². The van der Waals surface area contributed by atoms with E-state index >= 15 is 0 Å². The molecular weight excluding hydrogens is 412 g/mol. The van der Waals surface area contributed by atoms with Crippen molar-refractivity contribution in [1.82, 2.24) is 31.1 Å². The van der Waals surface area contributed by atoms with Gasteiger partial charge in [0, 0.05) is 16.0 Å². The Morgan fingerprint density at radius 1 is 0.968 bits per heavy atom. The standard InChI is InChI=1S/C22H20N6O2S/c1-14-12-19(31-15(14)2)22(30)25-24-21(29)18-10-8-16(9-11-18)13-28-26-20(23-27-28)17-6-4-3-5-7-17/h3-12H,13H2,1-2H3,(H,24,29)(H,25,30). The third kappa shape index (κ3) is 4.84. The first-order valence-electron chi connectivity index (χ1n) is 9.59. The van der Waals surface area contributed by atoms with Crippen LogP contribution >= 0.6 is 11.3 Å². The van der Waals surface area contributed by atoms with Crippen LogP contribution in [0.15, 0.2) is 60.7 Å². The van der Waals surface area contributed by atoms with Gasteiger partial charge in [0.05, 0.1) is 11.4 Å². The van der Waals surface area contributed by atoms with E-state index in [1.165, 1.54) is 16.1 Å². The van der Waals surface area contributed by atoms with Crippen molar-refractivity contribution in [2.75, 3.05) is 0 Å². The van der Waals surface area contributed by atoms with E-state index in [0.717, 1.165) is 21.6 Å². The molecule has 0 atom stereocenters. The largest absolute Gasteiger partial charge is 0.279 e. The molecule has 156 valence electrons. The Hall–Kier alpha value is -3.85. The fourth-order valence-corrected chi connectivity index (χ4v) is 3.80. The molecular formula is C22H20N6O2S. The highest BCUT2D eigenvalue weighted by Crippen LogP contribution is 2.20. The molecule has 9 heteroatoms. The predicted octanol–water partition coefficient (Wildman–Crippen LogP) is 3.14. The third-order valence-electron chi connectivity index (χ3n) is 4.70. The first-order valence-corrected chi connectivity index (χ1v) is 10.4. The van der Waals surface area contributed by atoms with Crippen LogP contribution in [-0.4, -0.2) is 32.0 Å². The lowest BCUT2D eigenvalue weighted by Crippen LogP contribution is -2.41. The summed E-state index contributed by atoms with van der Waals surface area (Å²) in [6, 6.07) is 18.4. The van der Waals surface area contributed by atoms with E-state index < -0.39 is 5.91 Å². The van der Waals surface area contributed by atoms with Crippen molar-refractivity contribution in [1.29, 1.82) is 0 Å². The van der Waals surface area contributed by atoms with E-state index in [4.69, 9.17) is 0 Å². The Balaban J connectivity index is 1.34. The van der Waals surface area contributed by atoms with Crippen LogP contribution in [0.1, 0.15) is 36.0 Å². The third-order valence-corrected chi connectivity index (χ3v) is 5.86. The first kappa shape index (κ1) is 20.4. The molecule has 0 saturated carbocycles. The smallest absolute Gasteiger partial charge is 0.267 e.